The van der Waals surface area contributed by atoms with Gasteiger partial charge in [-0.05, 0) is 31.2 Å². The summed E-state index contributed by atoms with van der Waals surface area (Å²) in [5.41, 5.74) is 1.53. The molecular weight excluding hydrogens is 325 g/mol. The molecule has 0 heterocycles. The lowest BCUT2D eigenvalue weighted by Gasteiger charge is -2.13. The molecule has 0 aromatic heterocycles. The van der Waals surface area contributed by atoms with Gasteiger partial charge in [0.1, 0.15) is 12.4 Å². The summed E-state index contributed by atoms with van der Waals surface area (Å²) >= 11 is 11.9. The predicted octanol–water partition coefficient (Wildman–Crippen LogP) is 4.49. The van der Waals surface area contributed by atoms with Gasteiger partial charge < -0.3 is 15.2 Å². The summed E-state index contributed by atoms with van der Waals surface area (Å²) in [5.74, 6) is -0.334. The minimum atomic E-state index is -1.09. The topological polar surface area (TPSA) is 58.6 Å². The maximum Gasteiger partial charge on any atom is 0.337 e. The molecule has 0 amide bonds. The summed E-state index contributed by atoms with van der Waals surface area (Å²) in [7, 11) is 0. The molecule has 0 radical (unpaired) electrons. The Bertz CT molecular complexity index is 672. The van der Waals surface area contributed by atoms with Gasteiger partial charge >= 0.3 is 5.97 Å². The lowest BCUT2D eigenvalue weighted by molar-refractivity contribution is 0.0698. The highest BCUT2D eigenvalue weighted by Gasteiger charge is 2.14. The molecule has 0 aliphatic carbocycles. The number of rotatable bonds is 6. The molecule has 2 rings (SSSR count). The maximum absolute atomic E-state index is 11.2. The van der Waals surface area contributed by atoms with Crippen LogP contribution in [0.5, 0.6) is 5.75 Å². The molecule has 6 heteroatoms. The molecule has 2 aromatic carbocycles. The molecular formula is C16H15Cl2NO3. The van der Waals surface area contributed by atoms with Gasteiger partial charge in [0.05, 0.1) is 16.3 Å². The van der Waals surface area contributed by atoms with Crippen LogP contribution in [0, 0.1) is 6.92 Å². The Labute approximate surface area is 138 Å². The molecule has 0 fully saturated rings. The van der Waals surface area contributed by atoms with Crippen molar-refractivity contribution in [2.75, 3.05) is 18.5 Å². The van der Waals surface area contributed by atoms with Gasteiger partial charge in [-0.25, -0.2) is 4.79 Å². The highest BCUT2D eigenvalue weighted by atomic mass is 35.5. The van der Waals surface area contributed by atoms with Crippen LogP contribution in [0.1, 0.15) is 15.9 Å². The Morgan fingerprint density at radius 1 is 1.23 bits per heavy atom. The molecule has 22 heavy (non-hydrogen) atoms. The molecule has 116 valence electrons. The van der Waals surface area contributed by atoms with E-state index in [2.05, 4.69) is 5.32 Å². The van der Waals surface area contributed by atoms with Crippen molar-refractivity contribution in [2.45, 2.75) is 6.92 Å². The second-order valence-corrected chi connectivity index (χ2v) is 5.55. The maximum atomic E-state index is 11.2. The predicted molar refractivity (Wildman–Crippen MR) is 88.6 cm³/mol. The van der Waals surface area contributed by atoms with Crippen LogP contribution in [-0.2, 0) is 0 Å². The third-order valence-corrected chi connectivity index (χ3v) is 3.50. The molecule has 0 saturated carbocycles. The fourth-order valence-electron chi connectivity index (χ4n) is 1.90. The van der Waals surface area contributed by atoms with Crippen molar-refractivity contribution < 1.29 is 14.6 Å². The van der Waals surface area contributed by atoms with E-state index in [0.717, 1.165) is 11.3 Å². The molecule has 0 aliphatic rings. The van der Waals surface area contributed by atoms with E-state index in [1.807, 2.05) is 31.2 Å². The van der Waals surface area contributed by atoms with Gasteiger partial charge in [-0.1, -0.05) is 40.9 Å². The Morgan fingerprint density at radius 3 is 2.55 bits per heavy atom. The lowest BCUT2D eigenvalue weighted by atomic mass is 10.2. The lowest BCUT2D eigenvalue weighted by Crippen LogP contribution is -2.14. The smallest absolute Gasteiger partial charge is 0.337 e. The van der Waals surface area contributed by atoms with E-state index in [9.17, 15) is 9.90 Å². The number of carbonyl (C=O) groups is 1. The van der Waals surface area contributed by atoms with Gasteiger partial charge in [0.2, 0.25) is 0 Å². The minimum Gasteiger partial charge on any atom is -0.492 e. The number of aromatic carboxylic acids is 1. The fourth-order valence-corrected chi connectivity index (χ4v) is 2.46. The Kier molecular flexibility index (Phi) is 5.52. The first-order valence-corrected chi connectivity index (χ1v) is 7.38. The average molecular weight is 340 g/mol. The summed E-state index contributed by atoms with van der Waals surface area (Å²) in [4.78, 5) is 11.2. The third-order valence-electron chi connectivity index (χ3n) is 2.98. The first kappa shape index (κ1) is 16.5. The zero-order chi connectivity index (χ0) is 16.1. The molecule has 0 aliphatic heterocycles. The van der Waals surface area contributed by atoms with Crippen molar-refractivity contribution >= 4 is 34.9 Å². The monoisotopic (exact) mass is 339 g/mol. The molecule has 0 saturated heterocycles. The van der Waals surface area contributed by atoms with Crippen LogP contribution < -0.4 is 10.1 Å². The van der Waals surface area contributed by atoms with Crippen molar-refractivity contribution in [1.82, 2.24) is 0 Å². The molecule has 0 atom stereocenters. The van der Waals surface area contributed by atoms with Gasteiger partial charge in [-0.3, -0.25) is 0 Å². The standard InChI is InChI=1S/C16H15Cl2NO3/c1-10-2-4-12(5-3-10)22-7-6-19-15-13(16(20)21)8-11(17)9-14(15)18/h2-5,8-9,19H,6-7H2,1H3,(H,20,21). The summed E-state index contributed by atoms with van der Waals surface area (Å²) in [5, 5.41) is 12.7. The van der Waals surface area contributed by atoms with Crippen LogP contribution >= 0.6 is 23.2 Å². The first-order valence-electron chi connectivity index (χ1n) is 6.63. The summed E-state index contributed by atoms with van der Waals surface area (Å²) in [6.45, 7) is 2.79. The highest BCUT2D eigenvalue weighted by Crippen LogP contribution is 2.30. The van der Waals surface area contributed by atoms with Crippen molar-refractivity contribution in [2.24, 2.45) is 0 Å². The van der Waals surface area contributed by atoms with Gasteiger partial charge in [0.15, 0.2) is 0 Å². The van der Waals surface area contributed by atoms with E-state index in [0.29, 0.717) is 18.8 Å². The second-order valence-electron chi connectivity index (χ2n) is 4.70. The quantitative estimate of drug-likeness (QED) is 0.761. The first-order chi connectivity index (χ1) is 10.5. The Hall–Kier alpha value is -1.91. The number of hydrogen-bond donors (Lipinski definition) is 2. The van der Waals surface area contributed by atoms with E-state index >= 15 is 0 Å². The third kappa shape index (κ3) is 4.29. The van der Waals surface area contributed by atoms with Crippen LogP contribution in [0.2, 0.25) is 10.0 Å². The highest BCUT2D eigenvalue weighted by molar-refractivity contribution is 6.37. The van der Waals surface area contributed by atoms with Crippen LogP contribution in [0.4, 0.5) is 5.69 Å². The number of anilines is 1. The van der Waals surface area contributed by atoms with Crippen molar-refractivity contribution in [3.8, 4) is 5.75 Å². The van der Waals surface area contributed by atoms with Crippen LogP contribution in [-0.4, -0.2) is 24.2 Å². The van der Waals surface area contributed by atoms with Gasteiger partial charge in [0, 0.05) is 11.6 Å². The Balaban J connectivity index is 1.97. The zero-order valence-corrected chi connectivity index (χ0v) is 13.4. The fraction of sp³-hybridized carbons (Fsp3) is 0.188. The van der Waals surface area contributed by atoms with Crippen LogP contribution in [0.15, 0.2) is 36.4 Å². The van der Waals surface area contributed by atoms with Crippen molar-refractivity contribution in [3.63, 3.8) is 0 Å². The molecule has 2 N–H and O–H groups in total. The summed E-state index contributed by atoms with van der Waals surface area (Å²) < 4.78 is 5.57. The summed E-state index contributed by atoms with van der Waals surface area (Å²) in [6.07, 6.45) is 0. The number of ether oxygens (including phenoxy) is 1. The van der Waals surface area contributed by atoms with E-state index in [-0.39, 0.29) is 15.6 Å². The van der Waals surface area contributed by atoms with E-state index in [4.69, 9.17) is 27.9 Å². The largest absolute Gasteiger partial charge is 0.492 e. The molecule has 0 bridgehead atoms. The molecule has 2 aromatic rings. The number of benzene rings is 2. The van der Waals surface area contributed by atoms with E-state index in [1.165, 1.54) is 12.1 Å². The molecule has 0 unspecified atom stereocenters. The number of carboxylic acids is 1. The van der Waals surface area contributed by atoms with E-state index in [1.54, 1.807) is 0 Å². The Morgan fingerprint density at radius 2 is 1.91 bits per heavy atom. The number of halogens is 2. The van der Waals surface area contributed by atoms with Crippen molar-refractivity contribution in [1.29, 1.82) is 0 Å². The normalized spacial score (nSPS) is 10.3. The number of nitrogens with one attached hydrogen (secondary N) is 1. The number of carboxylic acid groups (broad SMARTS) is 1. The minimum absolute atomic E-state index is 0.0350. The zero-order valence-electron chi connectivity index (χ0n) is 11.9. The van der Waals surface area contributed by atoms with Gasteiger partial charge in [-0.15, -0.1) is 0 Å². The summed E-state index contributed by atoms with van der Waals surface area (Å²) in [6, 6.07) is 10.5. The van der Waals surface area contributed by atoms with Crippen LogP contribution in [0.3, 0.4) is 0 Å². The molecule has 4 nitrogen and oxygen atoms in total. The second kappa shape index (κ2) is 7.38. The number of aryl methyl sites for hydroxylation is 1. The van der Waals surface area contributed by atoms with E-state index < -0.39 is 5.97 Å². The van der Waals surface area contributed by atoms with Gasteiger partial charge in [-0.2, -0.15) is 0 Å². The van der Waals surface area contributed by atoms with Gasteiger partial charge in [0.25, 0.3) is 0 Å². The SMILES string of the molecule is Cc1ccc(OCCNc2c(Cl)cc(Cl)cc2C(=O)O)cc1. The average Bonchev–Trinajstić information content (AvgIpc) is 2.46. The van der Waals surface area contributed by atoms with Crippen molar-refractivity contribution in [3.05, 3.63) is 57.6 Å². The number of hydrogen-bond acceptors (Lipinski definition) is 3. The molecule has 0 spiro atoms. The van der Waals surface area contributed by atoms with Crippen LogP contribution in [0.25, 0.3) is 0 Å².